The van der Waals surface area contributed by atoms with E-state index in [-0.39, 0.29) is 23.3 Å². The lowest BCUT2D eigenvalue weighted by Gasteiger charge is -2.38. The average Bonchev–Trinajstić information content (AvgIpc) is 3.33. The number of carbonyl (C=O) groups excluding carboxylic acids is 1. The van der Waals surface area contributed by atoms with Crippen molar-refractivity contribution in [3.05, 3.63) is 48.3 Å². The minimum Gasteiger partial charge on any atom is -0.345 e. The number of thiazole rings is 1. The lowest BCUT2D eigenvalue weighted by atomic mass is 9.98. The van der Waals surface area contributed by atoms with Gasteiger partial charge >= 0.3 is 0 Å². The minimum atomic E-state index is -3.76. The average molecular weight is 535 g/mol. The number of rotatable bonds is 5. The molecule has 3 aromatic rings. The van der Waals surface area contributed by atoms with Crippen LogP contribution in [0.2, 0.25) is 0 Å². The number of thioether (sulfide) groups is 1. The smallest absolute Gasteiger partial charge is 0.243 e. The Kier molecular flexibility index (Phi) is 7.02. The summed E-state index contributed by atoms with van der Waals surface area (Å²) < 4.78 is 41.8. The van der Waals surface area contributed by atoms with Crippen LogP contribution in [0.3, 0.4) is 0 Å². The second-order valence-corrected chi connectivity index (χ2v) is 12.6. The largest absolute Gasteiger partial charge is 0.345 e. The zero-order chi connectivity index (χ0) is 24.6. The standard InChI is InChI=1S/C24H27FN4O3S3/c1-33-20-5-2-6-21-22(20)26-24(34-21)28-14-12-27(13-15-28)23(30)17-4-3-11-29(16-17)35(31,32)19-9-7-18(25)8-10-19/h2,5-10,17H,3-4,11-16H2,1H3. The molecule has 35 heavy (non-hydrogen) atoms. The molecular formula is C24H27FN4O3S3. The highest BCUT2D eigenvalue weighted by molar-refractivity contribution is 7.98. The Bertz CT molecular complexity index is 1320. The number of amides is 1. The number of fused-ring (bicyclic) bond motifs is 1. The fourth-order valence-corrected chi connectivity index (χ4v) is 7.90. The van der Waals surface area contributed by atoms with Gasteiger partial charge in [-0.1, -0.05) is 17.4 Å². The summed E-state index contributed by atoms with van der Waals surface area (Å²) >= 11 is 3.36. The van der Waals surface area contributed by atoms with Gasteiger partial charge in [0.05, 0.1) is 21.0 Å². The van der Waals surface area contributed by atoms with E-state index in [1.54, 1.807) is 23.1 Å². The third kappa shape index (κ3) is 4.91. The van der Waals surface area contributed by atoms with Gasteiger partial charge in [-0.2, -0.15) is 4.31 Å². The van der Waals surface area contributed by atoms with Gasteiger partial charge in [-0.25, -0.2) is 17.8 Å². The maximum absolute atomic E-state index is 13.3. The molecule has 0 spiro atoms. The summed E-state index contributed by atoms with van der Waals surface area (Å²) in [5.41, 5.74) is 1.03. The van der Waals surface area contributed by atoms with Gasteiger partial charge in [-0.3, -0.25) is 4.79 Å². The normalized spacial score (nSPS) is 19.9. The molecule has 11 heteroatoms. The molecule has 0 N–H and O–H groups in total. The molecule has 0 saturated carbocycles. The molecule has 2 aliphatic heterocycles. The number of sulfonamides is 1. The number of piperidine rings is 1. The number of carbonyl (C=O) groups is 1. The number of hydrogen-bond donors (Lipinski definition) is 0. The van der Waals surface area contributed by atoms with Crippen LogP contribution in [-0.4, -0.2) is 74.0 Å². The van der Waals surface area contributed by atoms with Gasteiger partial charge < -0.3 is 9.80 Å². The molecular weight excluding hydrogens is 507 g/mol. The van der Waals surface area contributed by atoms with Crippen LogP contribution in [0, 0.1) is 11.7 Å². The zero-order valence-corrected chi connectivity index (χ0v) is 21.8. The van der Waals surface area contributed by atoms with Gasteiger partial charge in [0.25, 0.3) is 0 Å². The third-order valence-corrected chi connectivity index (χ3v) is 10.4. The minimum absolute atomic E-state index is 0.0117. The van der Waals surface area contributed by atoms with Crippen molar-refractivity contribution in [3.8, 4) is 0 Å². The fourth-order valence-electron chi connectivity index (χ4n) is 4.71. The monoisotopic (exact) mass is 534 g/mol. The first-order valence-electron chi connectivity index (χ1n) is 11.6. The topological polar surface area (TPSA) is 73.8 Å². The van der Waals surface area contributed by atoms with E-state index in [9.17, 15) is 17.6 Å². The molecule has 2 aromatic carbocycles. The summed E-state index contributed by atoms with van der Waals surface area (Å²) in [5, 5.41) is 0.975. The molecule has 1 atom stereocenters. The Morgan fingerprint density at radius 1 is 1.09 bits per heavy atom. The van der Waals surface area contributed by atoms with Gasteiger partial charge in [0.2, 0.25) is 15.9 Å². The number of aromatic nitrogens is 1. The lowest BCUT2D eigenvalue weighted by molar-refractivity contribution is -0.137. The van der Waals surface area contributed by atoms with Crippen LogP contribution in [-0.2, 0) is 14.8 Å². The van der Waals surface area contributed by atoms with Crippen LogP contribution in [0.25, 0.3) is 10.2 Å². The van der Waals surface area contributed by atoms with E-state index >= 15 is 0 Å². The Morgan fingerprint density at radius 3 is 2.54 bits per heavy atom. The van der Waals surface area contributed by atoms with E-state index < -0.39 is 15.8 Å². The van der Waals surface area contributed by atoms with E-state index in [1.807, 2.05) is 4.90 Å². The fraction of sp³-hybridized carbons (Fsp3) is 0.417. The Hall–Kier alpha value is -2.21. The number of hydrogen-bond acceptors (Lipinski definition) is 7. The molecule has 1 amide bonds. The molecule has 186 valence electrons. The van der Waals surface area contributed by atoms with E-state index in [0.717, 1.165) is 32.4 Å². The summed E-state index contributed by atoms with van der Waals surface area (Å²) in [6.07, 6.45) is 3.35. The van der Waals surface area contributed by atoms with E-state index in [2.05, 4.69) is 29.4 Å². The Balaban J connectivity index is 1.22. The van der Waals surface area contributed by atoms with Gasteiger partial charge in [0.1, 0.15) is 5.82 Å². The number of benzene rings is 2. The quantitative estimate of drug-likeness (QED) is 0.462. The van der Waals surface area contributed by atoms with Crippen molar-refractivity contribution in [1.29, 1.82) is 0 Å². The zero-order valence-electron chi connectivity index (χ0n) is 19.4. The molecule has 0 bridgehead atoms. The van der Waals surface area contributed by atoms with Crippen LogP contribution in [0.15, 0.2) is 52.3 Å². The number of anilines is 1. The summed E-state index contributed by atoms with van der Waals surface area (Å²) in [4.78, 5) is 23.5. The molecule has 5 rings (SSSR count). The molecule has 2 fully saturated rings. The molecule has 2 saturated heterocycles. The highest BCUT2D eigenvalue weighted by Crippen LogP contribution is 2.34. The first kappa shape index (κ1) is 24.5. The van der Waals surface area contributed by atoms with Crippen LogP contribution >= 0.6 is 23.1 Å². The van der Waals surface area contributed by atoms with Crippen molar-refractivity contribution in [2.24, 2.45) is 5.92 Å². The van der Waals surface area contributed by atoms with Crippen molar-refractivity contribution in [2.75, 3.05) is 50.4 Å². The summed E-state index contributed by atoms with van der Waals surface area (Å²) in [5.74, 6) is -0.833. The number of piperazine rings is 1. The lowest BCUT2D eigenvalue weighted by Crippen LogP contribution is -2.53. The van der Waals surface area contributed by atoms with E-state index in [1.165, 1.54) is 16.4 Å². The van der Waals surface area contributed by atoms with Gasteiger partial charge in [-0.15, -0.1) is 11.8 Å². The molecule has 0 aliphatic carbocycles. The number of halogens is 1. The molecule has 3 heterocycles. The SMILES string of the molecule is CSc1cccc2sc(N3CCN(C(=O)C4CCCN(S(=O)(=O)c5ccc(F)cc5)C4)CC3)nc12. The predicted octanol–water partition coefficient (Wildman–Crippen LogP) is 3.91. The predicted molar refractivity (Wildman–Crippen MR) is 138 cm³/mol. The molecule has 2 aliphatic rings. The number of nitrogens with zero attached hydrogens (tertiary/aromatic N) is 4. The van der Waals surface area contributed by atoms with Crippen LogP contribution in [0.4, 0.5) is 9.52 Å². The molecule has 0 radical (unpaired) electrons. The molecule has 7 nitrogen and oxygen atoms in total. The van der Waals surface area contributed by atoms with E-state index in [0.29, 0.717) is 45.6 Å². The van der Waals surface area contributed by atoms with Crippen LogP contribution < -0.4 is 4.90 Å². The Morgan fingerprint density at radius 2 is 1.83 bits per heavy atom. The first-order chi connectivity index (χ1) is 16.9. The van der Waals surface area contributed by atoms with Gasteiger partial charge in [-0.05, 0) is 55.5 Å². The van der Waals surface area contributed by atoms with E-state index in [4.69, 9.17) is 4.98 Å². The molecule has 1 aromatic heterocycles. The maximum atomic E-state index is 13.3. The van der Waals surface area contributed by atoms with Crippen molar-refractivity contribution in [2.45, 2.75) is 22.6 Å². The van der Waals surface area contributed by atoms with Crippen molar-refractivity contribution in [1.82, 2.24) is 14.2 Å². The first-order valence-corrected chi connectivity index (χ1v) is 15.1. The summed E-state index contributed by atoms with van der Waals surface area (Å²) in [6, 6.07) is 11.1. The number of para-hydroxylation sites is 1. The van der Waals surface area contributed by atoms with Crippen molar-refractivity contribution >= 4 is 54.4 Å². The van der Waals surface area contributed by atoms with Gasteiger partial charge in [0, 0.05) is 44.2 Å². The maximum Gasteiger partial charge on any atom is 0.243 e. The molecule has 1 unspecified atom stereocenters. The summed E-state index contributed by atoms with van der Waals surface area (Å²) in [7, 11) is -3.76. The summed E-state index contributed by atoms with van der Waals surface area (Å²) in [6.45, 7) is 3.10. The van der Waals surface area contributed by atoms with Gasteiger partial charge in [0.15, 0.2) is 5.13 Å². The Labute approximate surface area is 213 Å². The second-order valence-electron chi connectivity index (χ2n) is 8.77. The van der Waals surface area contributed by atoms with Crippen molar-refractivity contribution in [3.63, 3.8) is 0 Å². The highest BCUT2D eigenvalue weighted by Gasteiger charge is 2.36. The van der Waals surface area contributed by atoms with Crippen LogP contribution in [0.1, 0.15) is 12.8 Å². The van der Waals surface area contributed by atoms with Crippen LogP contribution in [0.5, 0.6) is 0 Å². The second kappa shape index (κ2) is 10.0. The third-order valence-electron chi connectivity index (χ3n) is 6.64. The van der Waals surface area contributed by atoms with Crippen molar-refractivity contribution < 1.29 is 17.6 Å². The highest BCUT2D eigenvalue weighted by atomic mass is 32.2.